The molecular weight excluding hydrogens is 621 g/mol. The number of alkyl halides is 5. The molecule has 2 amide bonds. The van der Waals surface area contributed by atoms with Gasteiger partial charge in [-0.15, -0.1) is 10.2 Å². The molecule has 2 saturated carbocycles. The second-order valence-corrected chi connectivity index (χ2v) is 14.3. The molecule has 2 fully saturated rings. The lowest BCUT2D eigenvalue weighted by Gasteiger charge is -2.47. The summed E-state index contributed by atoms with van der Waals surface area (Å²) in [6, 6.07) is 8.52. The van der Waals surface area contributed by atoms with Gasteiger partial charge < -0.3 is 14.2 Å². The number of carbonyl (C=O) groups is 2. The molecule has 2 heterocycles. The molecule has 0 unspecified atom stereocenters. The minimum atomic E-state index is -4.79. The SMILES string of the molecule is Cn1cnnc1C(F)(F)C1(c2cccc(N3Cc4c(cc(CN(C(=O)OC(C)(C)C)C5(C)CCC5)cc4C(F)(F)F)C3=O)c2)CCC1. The van der Waals surface area contributed by atoms with E-state index in [1.165, 1.54) is 45.9 Å². The van der Waals surface area contributed by atoms with E-state index in [1.54, 1.807) is 32.9 Å². The number of carbonyl (C=O) groups excluding carboxylic acids is 2. The first-order chi connectivity index (χ1) is 21.9. The van der Waals surface area contributed by atoms with Gasteiger partial charge in [0.05, 0.1) is 17.5 Å². The van der Waals surface area contributed by atoms with Crippen LogP contribution in [0.1, 0.15) is 105 Å². The Balaban J connectivity index is 1.35. The first-order valence-corrected chi connectivity index (χ1v) is 15.7. The maximum Gasteiger partial charge on any atom is 0.416 e. The number of ether oxygens (including phenoxy) is 1. The van der Waals surface area contributed by atoms with Gasteiger partial charge in [-0.25, -0.2) is 4.79 Å². The van der Waals surface area contributed by atoms with Crippen LogP contribution in [-0.2, 0) is 42.4 Å². The van der Waals surface area contributed by atoms with Gasteiger partial charge in [0.2, 0.25) is 5.82 Å². The Bertz CT molecular complexity index is 1720. The summed E-state index contributed by atoms with van der Waals surface area (Å²) in [5.74, 6) is -4.54. The van der Waals surface area contributed by atoms with Gasteiger partial charge in [0, 0.05) is 30.4 Å². The molecule has 2 aliphatic carbocycles. The molecule has 1 aliphatic heterocycles. The fourth-order valence-electron chi connectivity index (χ4n) is 7.02. The maximum atomic E-state index is 16.1. The monoisotopic (exact) mass is 659 g/mol. The number of aromatic nitrogens is 3. The van der Waals surface area contributed by atoms with Crippen LogP contribution in [0.3, 0.4) is 0 Å². The second kappa shape index (κ2) is 11.0. The number of amides is 2. The van der Waals surface area contributed by atoms with Gasteiger partial charge in [0.15, 0.2) is 0 Å². The van der Waals surface area contributed by atoms with Crippen molar-refractivity contribution < 1.29 is 36.3 Å². The van der Waals surface area contributed by atoms with Crippen LogP contribution in [-0.4, -0.2) is 42.8 Å². The summed E-state index contributed by atoms with van der Waals surface area (Å²) in [6.07, 6.45) is -1.12. The third kappa shape index (κ3) is 5.54. The van der Waals surface area contributed by atoms with Gasteiger partial charge in [-0.3, -0.25) is 9.69 Å². The third-order valence-corrected chi connectivity index (χ3v) is 9.95. The molecule has 252 valence electrons. The average molecular weight is 660 g/mol. The molecule has 0 atom stereocenters. The Hall–Kier alpha value is -4.03. The Morgan fingerprint density at radius 1 is 1.02 bits per heavy atom. The summed E-state index contributed by atoms with van der Waals surface area (Å²) in [5.41, 5.74) is -3.67. The number of aryl methyl sites for hydroxylation is 1. The fourth-order valence-corrected chi connectivity index (χ4v) is 7.02. The minimum absolute atomic E-state index is 0.133. The van der Waals surface area contributed by atoms with Crippen LogP contribution in [0.5, 0.6) is 0 Å². The molecule has 0 N–H and O–H groups in total. The lowest BCUT2D eigenvalue weighted by Crippen LogP contribution is -2.54. The predicted octanol–water partition coefficient (Wildman–Crippen LogP) is 7.89. The summed E-state index contributed by atoms with van der Waals surface area (Å²) in [6.45, 7) is 6.47. The van der Waals surface area contributed by atoms with Crippen molar-refractivity contribution in [2.75, 3.05) is 4.90 Å². The maximum absolute atomic E-state index is 16.1. The standard InChI is InChI=1S/C34H38F5N5O3/c1-30(2,3)47-29(46)44(31(4)11-7-12-31)18-21-15-24-25(26(16-21)34(37,38)39)19-43(27(24)45)23-10-6-9-22(17-23)32(13-8-14-32)33(35,36)28-41-40-20-42(28)5/h6,9-10,15-17,20H,7-8,11-14,18-19H2,1-5H3. The molecule has 0 spiro atoms. The van der Waals surface area contributed by atoms with Crippen LogP contribution < -0.4 is 4.90 Å². The molecule has 3 aliphatic rings. The van der Waals surface area contributed by atoms with Crippen LogP contribution in [0.4, 0.5) is 32.4 Å². The molecule has 6 rings (SSSR count). The second-order valence-electron chi connectivity index (χ2n) is 14.3. The zero-order chi connectivity index (χ0) is 34.2. The summed E-state index contributed by atoms with van der Waals surface area (Å²) < 4.78 is 82.6. The van der Waals surface area contributed by atoms with E-state index in [9.17, 15) is 22.8 Å². The van der Waals surface area contributed by atoms with Crippen molar-refractivity contribution in [3.63, 3.8) is 0 Å². The van der Waals surface area contributed by atoms with Crippen LogP contribution in [0, 0.1) is 0 Å². The van der Waals surface area contributed by atoms with E-state index in [0.717, 1.165) is 12.5 Å². The van der Waals surface area contributed by atoms with Gasteiger partial charge in [-0.1, -0.05) is 18.6 Å². The van der Waals surface area contributed by atoms with Gasteiger partial charge in [0.25, 0.3) is 5.91 Å². The lowest BCUT2D eigenvalue weighted by atomic mass is 9.60. The van der Waals surface area contributed by atoms with E-state index in [2.05, 4.69) is 10.2 Å². The lowest BCUT2D eigenvalue weighted by molar-refractivity contribution is -0.138. The normalized spacial score (nSPS) is 18.8. The molecule has 2 aromatic carbocycles. The summed E-state index contributed by atoms with van der Waals surface area (Å²) in [4.78, 5) is 29.8. The molecule has 0 saturated heterocycles. The fraction of sp³-hybridized carbons (Fsp3) is 0.529. The zero-order valence-corrected chi connectivity index (χ0v) is 27.0. The molecule has 1 aromatic heterocycles. The highest BCUT2D eigenvalue weighted by Gasteiger charge is 2.61. The van der Waals surface area contributed by atoms with E-state index >= 15 is 8.78 Å². The number of nitrogens with zero attached hydrogens (tertiary/aromatic N) is 5. The smallest absolute Gasteiger partial charge is 0.416 e. The number of anilines is 1. The van der Waals surface area contributed by atoms with Gasteiger partial charge in [-0.2, -0.15) is 22.0 Å². The van der Waals surface area contributed by atoms with Crippen molar-refractivity contribution in [2.24, 2.45) is 7.05 Å². The third-order valence-electron chi connectivity index (χ3n) is 9.95. The molecule has 8 nitrogen and oxygen atoms in total. The van der Waals surface area contributed by atoms with E-state index < -0.39 is 52.0 Å². The van der Waals surface area contributed by atoms with E-state index in [-0.39, 0.29) is 53.9 Å². The van der Waals surface area contributed by atoms with Crippen LogP contribution in [0.15, 0.2) is 42.7 Å². The highest BCUT2D eigenvalue weighted by atomic mass is 19.4. The summed E-state index contributed by atoms with van der Waals surface area (Å²) in [7, 11) is 1.44. The molecule has 3 aromatic rings. The molecule has 13 heteroatoms. The first kappa shape index (κ1) is 32.9. The van der Waals surface area contributed by atoms with E-state index in [1.807, 2.05) is 6.92 Å². The first-order valence-electron chi connectivity index (χ1n) is 15.7. The molecule has 0 bridgehead atoms. The highest BCUT2D eigenvalue weighted by molar-refractivity contribution is 6.10. The number of hydrogen-bond acceptors (Lipinski definition) is 5. The average Bonchev–Trinajstić information content (AvgIpc) is 3.51. The van der Waals surface area contributed by atoms with Gasteiger partial charge in [0.1, 0.15) is 11.9 Å². The number of hydrogen-bond donors (Lipinski definition) is 0. The van der Waals surface area contributed by atoms with Crippen LogP contribution in [0.2, 0.25) is 0 Å². The zero-order valence-electron chi connectivity index (χ0n) is 27.0. The van der Waals surface area contributed by atoms with Crippen molar-refractivity contribution in [3.05, 3.63) is 76.4 Å². The van der Waals surface area contributed by atoms with Crippen molar-refractivity contribution in [1.29, 1.82) is 0 Å². The number of benzene rings is 2. The van der Waals surface area contributed by atoms with Crippen LogP contribution >= 0.6 is 0 Å². The van der Waals surface area contributed by atoms with Crippen molar-refractivity contribution in [1.82, 2.24) is 19.7 Å². The Morgan fingerprint density at radius 2 is 1.70 bits per heavy atom. The largest absolute Gasteiger partial charge is 0.444 e. The Kier molecular flexibility index (Phi) is 7.71. The molecule has 47 heavy (non-hydrogen) atoms. The highest BCUT2D eigenvalue weighted by Crippen LogP contribution is 2.58. The van der Waals surface area contributed by atoms with Crippen LogP contribution in [0.25, 0.3) is 0 Å². The Labute approximate surface area is 269 Å². The van der Waals surface area contributed by atoms with Gasteiger partial charge in [-0.05, 0) is 101 Å². The predicted molar refractivity (Wildman–Crippen MR) is 163 cm³/mol. The van der Waals surface area contributed by atoms with Crippen molar-refractivity contribution in [3.8, 4) is 0 Å². The van der Waals surface area contributed by atoms with Crippen molar-refractivity contribution in [2.45, 2.75) is 108 Å². The topological polar surface area (TPSA) is 80.6 Å². The minimum Gasteiger partial charge on any atom is -0.444 e. The quantitative estimate of drug-likeness (QED) is 0.241. The van der Waals surface area contributed by atoms with E-state index in [4.69, 9.17) is 4.74 Å². The molecule has 0 radical (unpaired) electrons. The summed E-state index contributed by atoms with van der Waals surface area (Å²) in [5, 5.41) is 7.30. The number of halogens is 5. The summed E-state index contributed by atoms with van der Waals surface area (Å²) >= 11 is 0. The number of rotatable bonds is 7. The van der Waals surface area contributed by atoms with Crippen molar-refractivity contribution >= 4 is 17.7 Å². The Morgan fingerprint density at radius 3 is 2.23 bits per heavy atom. The van der Waals surface area contributed by atoms with E-state index in [0.29, 0.717) is 19.3 Å². The van der Waals surface area contributed by atoms with Gasteiger partial charge >= 0.3 is 18.2 Å². The number of fused-ring (bicyclic) bond motifs is 1. The molecular formula is C34H38F5N5O3.